The molecule has 94 valence electrons. The number of hydrogen-bond acceptors (Lipinski definition) is 4. The zero-order valence-electron chi connectivity index (χ0n) is 9.45. The molecule has 6 nitrogen and oxygen atoms in total. The van der Waals surface area contributed by atoms with Crippen molar-refractivity contribution in [1.29, 1.82) is 0 Å². The van der Waals surface area contributed by atoms with E-state index in [-0.39, 0.29) is 17.4 Å². The van der Waals surface area contributed by atoms with Crippen LogP contribution in [0.25, 0.3) is 0 Å². The second kappa shape index (κ2) is 7.10. The highest BCUT2D eigenvalue weighted by Crippen LogP contribution is 2.16. The third-order valence-electron chi connectivity index (χ3n) is 1.47. The molecule has 3 N–H and O–H groups in total. The number of para-hydroxylation sites is 1. The van der Waals surface area contributed by atoms with Gasteiger partial charge in [-0.25, -0.2) is 9.59 Å². The third-order valence-corrected chi connectivity index (χ3v) is 1.47. The van der Waals surface area contributed by atoms with E-state index in [2.05, 4.69) is 0 Å². The Bertz CT molecular complexity index is 381. The molecule has 0 radical (unpaired) electrons. The SMILES string of the molecule is CC(C)OC(=O)c1ccccc1O.O=C(O)O. The molecule has 0 saturated carbocycles. The summed E-state index contributed by atoms with van der Waals surface area (Å²) >= 11 is 0. The van der Waals surface area contributed by atoms with Crippen LogP contribution in [0.2, 0.25) is 0 Å². The molecule has 0 aliphatic heterocycles. The van der Waals surface area contributed by atoms with E-state index in [1.165, 1.54) is 12.1 Å². The minimum absolute atomic E-state index is 0.0480. The van der Waals surface area contributed by atoms with Crippen molar-refractivity contribution in [3.8, 4) is 5.75 Å². The molecule has 0 aliphatic carbocycles. The van der Waals surface area contributed by atoms with Crippen molar-refractivity contribution >= 4 is 12.1 Å². The van der Waals surface area contributed by atoms with Gasteiger partial charge in [0.05, 0.1) is 6.10 Å². The molecule has 0 unspecified atom stereocenters. The van der Waals surface area contributed by atoms with Gasteiger partial charge in [0.1, 0.15) is 11.3 Å². The number of carboxylic acid groups (broad SMARTS) is 2. The van der Waals surface area contributed by atoms with Crippen molar-refractivity contribution in [2.75, 3.05) is 0 Å². The summed E-state index contributed by atoms with van der Waals surface area (Å²) in [6.45, 7) is 3.52. The topological polar surface area (TPSA) is 104 Å². The Kier molecular flexibility index (Phi) is 6.17. The number of benzene rings is 1. The Morgan fingerprint density at radius 3 is 2.06 bits per heavy atom. The average Bonchev–Trinajstić information content (AvgIpc) is 2.16. The van der Waals surface area contributed by atoms with Crippen LogP contribution < -0.4 is 0 Å². The van der Waals surface area contributed by atoms with E-state index in [9.17, 15) is 9.90 Å². The molecular formula is C11H14O6. The molecule has 0 fully saturated rings. The van der Waals surface area contributed by atoms with Crippen molar-refractivity contribution in [2.24, 2.45) is 0 Å². The van der Waals surface area contributed by atoms with Crippen molar-refractivity contribution in [3.63, 3.8) is 0 Å². The van der Waals surface area contributed by atoms with Crippen molar-refractivity contribution in [3.05, 3.63) is 29.8 Å². The minimum atomic E-state index is -1.83. The van der Waals surface area contributed by atoms with E-state index in [1.54, 1.807) is 26.0 Å². The molecule has 0 aliphatic rings. The fraction of sp³-hybridized carbons (Fsp3) is 0.273. The van der Waals surface area contributed by atoms with Crippen LogP contribution in [0.1, 0.15) is 24.2 Å². The Hall–Kier alpha value is -2.24. The number of rotatable bonds is 2. The number of carbonyl (C=O) groups excluding carboxylic acids is 1. The second-order valence-electron chi connectivity index (χ2n) is 3.25. The van der Waals surface area contributed by atoms with Crippen LogP contribution in [0.5, 0.6) is 5.75 Å². The van der Waals surface area contributed by atoms with E-state index in [0.717, 1.165) is 0 Å². The Balaban J connectivity index is 0.000000557. The van der Waals surface area contributed by atoms with Gasteiger partial charge in [-0.2, -0.15) is 0 Å². The molecular weight excluding hydrogens is 228 g/mol. The van der Waals surface area contributed by atoms with Gasteiger partial charge in [0, 0.05) is 0 Å². The first-order valence-electron chi connectivity index (χ1n) is 4.75. The third kappa shape index (κ3) is 6.77. The molecule has 1 aromatic carbocycles. The van der Waals surface area contributed by atoms with Gasteiger partial charge in [-0.15, -0.1) is 0 Å². The lowest BCUT2D eigenvalue weighted by Crippen LogP contribution is -2.11. The lowest BCUT2D eigenvalue weighted by Gasteiger charge is -2.08. The summed E-state index contributed by atoms with van der Waals surface area (Å²) in [5.74, 6) is -0.541. The molecule has 0 amide bonds. The number of hydrogen-bond donors (Lipinski definition) is 3. The highest BCUT2D eigenvalue weighted by Gasteiger charge is 2.12. The van der Waals surface area contributed by atoms with Crippen LogP contribution in [0.4, 0.5) is 4.79 Å². The van der Waals surface area contributed by atoms with Gasteiger partial charge < -0.3 is 20.1 Å². The zero-order valence-corrected chi connectivity index (χ0v) is 9.45. The maximum absolute atomic E-state index is 11.3. The zero-order chi connectivity index (χ0) is 13.4. The van der Waals surface area contributed by atoms with Gasteiger partial charge in [0.15, 0.2) is 0 Å². The van der Waals surface area contributed by atoms with Crippen molar-refractivity contribution in [1.82, 2.24) is 0 Å². The molecule has 0 spiro atoms. The highest BCUT2D eigenvalue weighted by molar-refractivity contribution is 5.92. The van der Waals surface area contributed by atoms with Crippen LogP contribution in [0.15, 0.2) is 24.3 Å². The number of esters is 1. The first-order valence-corrected chi connectivity index (χ1v) is 4.75. The monoisotopic (exact) mass is 242 g/mol. The van der Waals surface area contributed by atoms with Gasteiger partial charge in [0.2, 0.25) is 0 Å². The van der Waals surface area contributed by atoms with Crippen LogP contribution in [-0.2, 0) is 4.74 Å². The molecule has 1 aromatic rings. The van der Waals surface area contributed by atoms with Crippen LogP contribution in [-0.4, -0.2) is 33.5 Å². The largest absolute Gasteiger partial charge is 0.507 e. The maximum Gasteiger partial charge on any atom is 0.503 e. The number of ether oxygens (including phenoxy) is 1. The van der Waals surface area contributed by atoms with Gasteiger partial charge in [-0.05, 0) is 26.0 Å². The van der Waals surface area contributed by atoms with Crippen LogP contribution in [0.3, 0.4) is 0 Å². The number of phenols is 1. The van der Waals surface area contributed by atoms with E-state index < -0.39 is 12.1 Å². The smallest absolute Gasteiger partial charge is 0.503 e. The summed E-state index contributed by atoms with van der Waals surface area (Å²) < 4.78 is 4.92. The molecule has 0 bridgehead atoms. The summed E-state index contributed by atoms with van der Waals surface area (Å²) in [4.78, 5) is 19.8. The standard InChI is InChI=1S/C10H12O3.CH2O3/c1-7(2)13-10(12)8-5-3-4-6-9(8)11;2-1(3)4/h3-7,11H,1-2H3;(H2,2,3,4). The Labute approximate surface area is 98.1 Å². The van der Waals surface area contributed by atoms with Crippen LogP contribution >= 0.6 is 0 Å². The van der Waals surface area contributed by atoms with E-state index in [1.807, 2.05) is 0 Å². The lowest BCUT2D eigenvalue weighted by atomic mass is 10.2. The van der Waals surface area contributed by atoms with Gasteiger partial charge >= 0.3 is 12.1 Å². The Morgan fingerprint density at radius 1 is 1.18 bits per heavy atom. The molecule has 0 aromatic heterocycles. The molecule has 6 heteroatoms. The summed E-state index contributed by atoms with van der Waals surface area (Å²) in [7, 11) is 0. The fourth-order valence-electron chi connectivity index (χ4n) is 0.924. The minimum Gasteiger partial charge on any atom is -0.507 e. The van der Waals surface area contributed by atoms with Crippen molar-refractivity contribution < 1.29 is 29.6 Å². The maximum atomic E-state index is 11.3. The normalized spacial score (nSPS) is 9.12. The second-order valence-corrected chi connectivity index (χ2v) is 3.25. The molecule has 0 atom stereocenters. The van der Waals surface area contributed by atoms with Gasteiger partial charge in [-0.3, -0.25) is 0 Å². The number of carbonyl (C=O) groups is 2. The number of phenolic OH excluding ortho intramolecular Hbond substituents is 1. The summed E-state index contributed by atoms with van der Waals surface area (Å²) in [6.07, 6.45) is -2.01. The van der Waals surface area contributed by atoms with E-state index in [0.29, 0.717) is 0 Å². The summed E-state index contributed by atoms with van der Waals surface area (Å²) in [5.41, 5.74) is 0.205. The lowest BCUT2D eigenvalue weighted by molar-refractivity contribution is 0.0374. The molecule has 17 heavy (non-hydrogen) atoms. The molecule has 0 heterocycles. The predicted molar refractivity (Wildman–Crippen MR) is 59.3 cm³/mol. The van der Waals surface area contributed by atoms with E-state index in [4.69, 9.17) is 19.7 Å². The quantitative estimate of drug-likeness (QED) is 0.686. The predicted octanol–water partition coefficient (Wildman–Crippen LogP) is 2.18. The Morgan fingerprint density at radius 2 is 1.65 bits per heavy atom. The highest BCUT2D eigenvalue weighted by atomic mass is 16.6. The molecule has 1 rings (SSSR count). The first kappa shape index (κ1) is 14.8. The van der Waals surface area contributed by atoms with Crippen LogP contribution in [0, 0.1) is 0 Å². The van der Waals surface area contributed by atoms with Gasteiger partial charge in [-0.1, -0.05) is 12.1 Å². The first-order chi connectivity index (χ1) is 7.84. The summed E-state index contributed by atoms with van der Waals surface area (Å²) in [6, 6.07) is 6.31. The fourth-order valence-corrected chi connectivity index (χ4v) is 0.924. The molecule has 0 saturated heterocycles. The number of aromatic hydroxyl groups is 1. The van der Waals surface area contributed by atoms with Gasteiger partial charge in [0.25, 0.3) is 0 Å². The summed E-state index contributed by atoms with van der Waals surface area (Å²) in [5, 5.41) is 23.2. The van der Waals surface area contributed by atoms with E-state index >= 15 is 0 Å². The van der Waals surface area contributed by atoms with Crippen molar-refractivity contribution in [2.45, 2.75) is 20.0 Å². The average molecular weight is 242 g/mol.